The molecule has 2 aromatic rings. The highest BCUT2D eigenvalue weighted by atomic mass is 19.4. The Hall–Kier alpha value is -1.59. The van der Waals surface area contributed by atoms with E-state index in [0.717, 1.165) is 6.92 Å². The van der Waals surface area contributed by atoms with Crippen LogP contribution in [0.3, 0.4) is 0 Å². The lowest BCUT2D eigenvalue weighted by Crippen LogP contribution is -2.11. The van der Waals surface area contributed by atoms with Crippen molar-refractivity contribution in [3.63, 3.8) is 0 Å². The Morgan fingerprint density at radius 2 is 1.81 bits per heavy atom. The van der Waals surface area contributed by atoms with Crippen molar-refractivity contribution in [2.75, 3.05) is 0 Å². The van der Waals surface area contributed by atoms with E-state index >= 15 is 0 Å². The maximum Gasteiger partial charge on any atom is 0.417 e. The summed E-state index contributed by atoms with van der Waals surface area (Å²) in [6.07, 6.45) is -3.36. The third-order valence-corrected chi connectivity index (χ3v) is 2.63. The Morgan fingerprint density at radius 3 is 2.38 bits per heavy atom. The first-order valence-corrected chi connectivity index (χ1v) is 4.53. The molecule has 0 amide bonds. The molecule has 0 bridgehead atoms. The molecule has 16 heavy (non-hydrogen) atoms. The second kappa shape index (κ2) is 3.20. The molecule has 0 atom stereocenters. The van der Waals surface area contributed by atoms with Gasteiger partial charge in [-0.1, -0.05) is 0 Å². The van der Waals surface area contributed by atoms with Gasteiger partial charge in [-0.05, 0) is 25.0 Å². The SMILES string of the molecule is Cc1c(C(F)(F)F)c(C)c2cn[nH]c2c1F. The standard InChI is InChI=1S/C10H8F4N2/c1-4-6-3-15-16-9(6)8(11)5(2)7(4)10(12,13)14/h3H,1-2H3,(H,15,16). The van der Waals surface area contributed by atoms with Crippen molar-refractivity contribution in [2.45, 2.75) is 20.0 Å². The molecular weight excluding hydrogens is 224 g/mol. The van der Waals surface area contributed by atoms with E-state index in [1.54, 1.807) is 0 Å². The van der Waals surface area contributed by atoms with Crippen LogP contribution in [0.4, 0.5) is 17.6 Å². The summed E-state index contributed by atoms with van der Waals surface area (Å²) in [5, 5.41) is 6.07. The number of benzene rings is 1. The van der Waals surface area contributed by atoms with Gasteiger partial charge in [-0.2, -0.15) is 18.3 Å². The number of alkyl halides is 3. The van der Waals surface area contributed by atoms with Gasteiger partial charge < -0.3 is 0 Å². The van der Waals surface area contributed by atoms with Gasteiger partial charge in [0.05, 0.1) is 11.8 Å². The minimum absolute atomic E-state index is 0.00449. The monoisotopic (exact) mass is 232 g/mol. The van der Waals surface area contributed by atoms with Crippen LogP contribution in [0.1, 0.15) is 16.7 Å². The number of fused-ring (bicyclic) bond motifs is 1. The van der Waals surface area contributed by atoms with Gasteiger partial charge in [-0.3, -0.25) is 5.10 Å². The maximum absolute atomic E-state index is 13.6. The topological polar surface area (TPSA) is 28.7 Å². The van der Waals surface area contributed by atoms with E-state index in [2.05, 4.69) is 10.2 Å². The molecule has 1 N–H and O–H groups in total. The summed E-state index contributed by atoms with van der Waals surface area (Å²) in [6.45, 7) is 2.43. The molecule has 1 aromatic heterocycles. The van der Waals surface area contributed by atoms with E-state index in [1.807, 2.05) is 0 Å². The molecule has 0 aliphatic rings. The lowest BCUT2D eigenvalue weighted by Gasteiger charge is -2.14. The van der Waals surface area contributed by atoms with Crippen molar-refractivity contribution in [3.8, 4) is 0 Å². The maximum atomic E-state index is 13.6. The van der Waals surface area contributed by atoms with Gasteiger partial charge >= 0.3 is 6.18 Å². The highest BCUT2D eigenvalue weighted by Gasteiger charge is 2.36. The van der Waals surface area contributed by atoms with Crippen molar-refractivity contribution >= 4 is 10.9 Å². The molecular formula is C10H8F4N2. The predicted molar refractivity (Wildman–Crippen MR) is 50.5 cm³/mol. The largest absolute Gasteiger partial charge is 0.417 e. The second-order valence-corrected chi connectivity index (χ2v) is 3.60. The summed E-state index contributed by atoms with van der Waals surface area (Å²) in [5.41, 5.74) is -1.31. The van der Waals surface area contributed by atoms with Crippen LogP contribution in [-0.2, 0) is 6.18 Å². The first-order chi connectivity index (χ1) is 7.34. The summed E-state index contributed by atoms with van der Waals surface area (Å²) >= 11 is 0. The van der Waals surface area contributed by atoms with Crippen LogP contribution in [-0.4, -0.2) is 10.2 Å². The lowest BCUT2D eigenvalue weighted by molar-refractivity contribution is -0.138. The molecule has 0 spiro atoms. The zero-order valence-corrected chi connectivity index (χ0v) is 8.54. The normalized spacial score (nSPS) is 12.4. The highest BCUT2D eigenvalue weighted by Crippen LogP contribution is 2.38. The van der Waals surface area contributed by atoms with Crippen LogP contribution in [0.15, 0.2) is 6.20 Å². The molecule has 0 unspecified atom stereocenters. The number of aryl methyl sites for hydroxylation is 1. The third kappa shape index (κ3) is 1.36. The van der Waals surface area contributed by atoms with E-state index in [1.165, 1.54) is 13.1 Å². The highest BCUT2D eigenvalue weighted by molar-refractivity contribution is 5.84. The first kappa shape index (κ1) is 10.9. The molecule has 0 aliphatic carbocycles. The molecule has 2 rings (SSSR count). The number of hydrogen-bond donors (Lipinski definition) is 1. The molecule has 2 nitrogen and oxygen atoms in total. The van der Waals surface area contributed by atoms with Gasteiger partial charge in [0, 0.05) is 5.39 Å². The molecule has 1 aromatic carbocycles. The Labute approximate surface area is 88.3 Å². The Kier molecular flexibility index (Phi) is 2.18. The number of nitrogens with one attached hydrogen (secondary N) is 1. The average molecular weight is 232 g/mol. The van der Waals surface area contributed by atoms with E-state index in [9.17, 15) is 17.6 Å². The Morgan fingerprint density at radius 1 is 1.19 bits per heavy atom. The number of rotatable bonds is 0. The summed E-state index contributed by atoms with van der Waals surface area (Å²) in [5.74, 6) is -0.898. The number of aromatic amines is 1. The smallest absolute Gasteiger partial charge is 0.275 e. The minimum atomic E-state index is -4.56. The van der Waals surface area contributed by atoms with E-state index < -0.39 is 23.1 Å². The second-order valence-electron chi connectivity index (χ2n) is 3.60. The summed E-state index contributed by atoms with van der Waals surface area (Å²) in [6, 6.07) is 0. The van der Waals surface area contributed by atoms with Crippen molar-refractivity contribution in [3.05, 3.63) is 28.7 Å². The van der Waals surface area contributed by atoms with Crippen LogP contribution >= 0.6 is 0 Å². The average Bonchev–Trinajstić information content (AvgIpc) is 2.61. The number of halogens is 4. The van der Waals surface area contributed by atoms with Crippen molar-refractivity contribution in [2.24, 2.45) is 0 Å². The Bertz CT molecular complexity index is 554. The van der Waals surface area contributed by atoms with Gasteiger partial charge in [-0.25, -0.2) is 4.39 Å². The van der Waals surface area contributed by atoms with E-state index in [4.69, 9.17) is 0 Å². The molecule has 0 radical (unpaired) electrons. The van der Waals surface area contributed by atoms with Crippen LogP contribution in [0, 0.1) is 19.7 Å². The number of hydrogen-bond acceptors (Lipinski definition) is 1. The van der Waals surface area contributed by atoms with Crippen LogP contribution < -0.4 is 0 Å². The van der Waals surface area contributed by atoms with Crippen LogP contribution in [0.2, 0.25) is 0 Å². The number of nitrogens with zero attached hydrogens (tertiary/aromatic N) is 1. The predicted octanol–water partition coefficient (Wildman–Crippen LogP) is 3.34. The fourth-order valence-corrected chi connectivity index (χ4v) is 1.88. The summed E-state index contributed by atoms with van der Waals surface area (Å²) < 4.78 is 51.8. The van der Waals surface area contributed by atoms with Crippen LogP contribution in [0.25, 0.3) is 10.9 Å². The minimum Gasteiger partial charge on any atom is -0.275 e. The van der Waals surface area contributed by atoms with Gasteiger partial charge in [0.1, 0.15) is 5.52 Å². The first-order valence-electron chi connectivity index (χ1n) is 4.53. The molecule has 0 saturated heterocycles. The quantitative estimate of drug-likeness (QED) is 0.693. The van der Waals surface area contributed by atoms with Gasteiger partial charge in [0.2, 0.25) is 0 Å². The molecule has 0 fully saturated rings. The van der Waals surface area contributed by atoms with Gasteiger partial charge in [-0.15, -0.1) is 0 Å². The van der Waals surface area contributed by atoms with Crippen molar-refractivity contribution in [1.82, 2.24) is 10.2 Å². The number of H-pyrrole nitrogens is 1. The van der Waals surface area contributed by atoms with Crippen LogP contribution in [0.5, 0.6) is 0 Å². The van der Waals surface area contributed by atoms with Crippen molar-refractivity contribution < 1.29 is 17.6 Å². The zero-order chi connectivity index (χ0) is 12.1. The lowest BCUT2D eigenvalue weighted by atomic mass is 9.98. The molecule has 0 saturated carbocycles. The third-order valence-electron chi connectivity index (χ3n) is 2.63. The summed E-state index contributed by atoms with van der Waals surface area (Å²) in [7, 11) is 0. The van der Waals surface area contributed by atoms with E-state index in [0.29, 0.717) is 0 Å². The number of aromatic nitrogens is 2. The fourth-order valence-electron chi connectivity index (χ4n) is 1.88. The fraction of sp³-hybridized carbons (Fsp3) is 0.300. The zero-order valence-electron chi connectivity index (χ0n) is 8.54. The van der Waals surface area contributed by atoms with E-state index in [-0.39, 0.29) is 16.5 Å². The van der Waals surface area contributed by atoms with Crippen molar-refractivity contribution in [1.29, 1.82) is 0 Å². The molecule has 0 aliphatic heterocycles. The molecule has 86 valence electrons. The van der Waals surface area contributed by atoms with Gasteiger partial charge in [0.15, 0.2) is 5.82 Å². The molecule has 1 heterocycles. The summed E-state index contributed by atoms with van der Waals surface area (Å²) in [4.78, 5) is 0. The Balaban J connectivity index is 2.94. The molecule has 6 heteroatoms. The van der Waals surface area contributed by atoms with Gasteiger partial charge in [0.25, 0.3) is 0 Å².